The van der Waals surface area contributed by atoms with Crippen molar-refractivity contribution < 1.29 is 23.9 Å². The number of carbonyl (C=O) groups excluding carboxylic acids is 2. The maximum atomic E-state index is 14.1. The van der Waals surface area contributed by atoms with Gasteiger partial charge < -0.3 is 15.3 Å². The summed E-state index contributed by atoms with van der Waals surface area (Å²) in [5.74, 6) is -0.768. The number of amides is 2. The van der Waals surface area contributed by atoms with Crippen molar-refractivity contribution in [1.82, 2.24) is 10.2 Å². The quantitative estimate of drug-likeness (QED) is 0.405. The second-order valence-corrected chi connectivity index (χ2v) is 11.0. The molecule has 4 rings (SSSR count). The third-order valence-corrected chi connectivity index (χ3v) is 8.12. The van der Waals surface area contributed by atoms with Crippen molar-refractivity contribution in [2.75, 3.05) is 6.54 Å². The van der Waals surface area contributed by atoms with Gasteiger partial charge in [-0.2, -0.15) is 0 Å². The number of benzene rings is 2. The van der Waals surface area contributed by atoms with Gasteiger partial charge in [0.25, 0.3) is 11.8 Å². The van der Waals surface area contributed by atoms with Gasteiger partial charge in [-0.1, -0.05) is 51.5 Å². The van der Waals surface area contributed by atoms with Gasteiger partial charge >= 0.3 is 5.97 Å². The molecule has 7 nitrogen and oxygen atoms in total. The van der Waals surface area contributed by atoms with Gasteiger partial charge in [-0.05, 0) is 73.8 Å². The van der Waals surface area contributed by atoms with E-state index < -0.39 is 17.4 Å². The maximum Gasteiger partial charge on any atom is 0.305 e. The summed E-state index contributed by atoms with van der Waals surface area (Å²) in [4.78, 5) is 44.4. The summed E-state index contributed by atoms with van der Waals surface area (Å²) in [7, 11) is 0. The van der Waals surface area contributed by atoms with Crippen molar-refractivity contribution in [3.05, 3.63) is 71.0 Å². The Morgan fingerprint density at radius 3 is 2.44 bits per heavy atom. The van der Waals surface area contributed by atoms with Crippen LogP contribution in [-0.2, 0) is 9.59 Å². The molecule has 1 fully saturated rings. The molecule has 0 saturated heterocycles. The number of nitrogens with zero attached hydrogens (tertiary/aromatic N) is 2. The van der Waals surface area contributed by atoms with E-state index in [4.69, 9.17) is 10.1 Å². The van der Waals surface area contributed by atoms with E-state index in [9.17, 15) is 18.8 Å². The molecule has 208 valence electrons. The van der Waals surface area contributed by atoms with E-state index in [0.29, 0.717) is 28.7 Å². The van der Waals surface area contributed by atoms with E-state index in [1.807, 2.05) is 17.0 Å². The third-order valence-electron chi connectivity index (χ3n) is 8.12. The van der Waals surface area contributed by atoms with Gasteiger partial charge in [0.2, 0.25) is 0 Å². The molecule has 1 spiro atoms. The third kappa shape index (κ3) is 6.21. The zero-order chi connectivity index (χ0) is 28.2. The summed E-state index contributed by atoms with van der Waals surface area (Å²) < 4.78 is 14.1. The zero-order valence-corrected chi connectivity index (χ0v) is 23.0. The van der Waals surface area contributed by atoms with E-state index in [2.05, 4.69) is 26.1 Å². The number of halogens is 1. The molecular formula is C31H38FN3O4. The first kappa shape index (κ1) is 28.5. The van der Waals surface area contributed by atoms with E-state index in [1.54, 1.807) is 24.3 Å². The van der Waals surface area contributed by atoms with Crippen LogP contribution in [0, 0.1) is 17.7 Å². The van der Waals surface area contributed by atoms with Crippen molar-refractivity contribution in [3.63, 3.8) is 0 Å². The molecule has 0 radical (unpaired) electrons. The molecule has 1 aliphatic heterocycles. The van der Waals surface area contributed by atoms with Crippen LogP contribution in [0.25, 0.3) is 0 Å². The second-order valence-electron chi connectivity index (χ2n) is 11.0. The molecule has 1 atom stereocenters. The molecule has 2 aromatic rings. The standard InChI is InChI=1S/C31H38FN3O4/c1-4-6-26(22-9-11-23(12-10-22)29(38)33-18-15-27(36)37)35-30(39)28(24-7-5-8-25(32)19-24)34-31(35)16-13-21(14-17-31)20(2)3/h5,7-12,19-21,26H,4,6,13-18H2,1-3H3,(H,33,38)(H,36,37). The monoisotopic (exact) mass is 535 g/mol. The van der Waals surface area contributed by atoms with Gasteiger partial charge in [-0.25, -0.2) is 4.39 Å². The molecule has 39 heavy (non-hydrogen) atoms. The molecule has 0 aromatic heterocycles. The summed E-state index contributed by atoms with van der Waals surface area (Å²) in [6.07, 6.45) is 4.86. The largest absolute Gasteiger partial charge is 0.481 e. The lowest BCUT2D eigenvalue weighted by Gasteiger charge is -2.46. The Bertz CT molecular complexity index is 1230. The molecule has 1 aliphatic carbocycles. The lowest BCUT2D eigenvalue weighted by molar-refractivity contribution is -0.137. The highest BCUT2D eigenvalue weighted by atomic mass is 19.1. The fraction of sp³-hybridized carbons (Fsp3) is 0.484. The van der Waals surface area contributed by atoms with E-state index >= 15 is 0 Å². The Morgan fingerprint density at radius 1 is 1.15 bits per heavy atom. The fourth-order valence-electron chi connectivity index (χ4n) is 5.95. The predicted molar refractivity (Wildman–Crippen MR) is 148 cm³/mol. The Balaban J connectivity index is 1.66. The number of hydrogen-bond acceptors (Lipinski definition) is 4. The number of hydrogen-bond donors (Lipinski definition) is 2. The molecule has 8 heteroatoms. The summed E-state index contributed by atoms with van der Waals surface area (Å²) >= 11 is 0. The number of carbonyl (C=O) groups is 3. The molecule has 2 amide bonds. The molecule has 2 aromatic carbocycles. The molecule has 2 N–H and O–H groups in total. The molecule has 1 heterocycles. The van der Waals surface area contributed by atoms with Crippen molar-refractivity contribution in [2.45, 2.75) is 77.4 Å². The van der Waals surface area contributed by atoms with Crippen LogP contribution >= 0.6 is 0 Å². The van der Waals surface area contributed by atoms with Crippen LogP contribution in [0.3, 0.4) is 0 Å². The average Bonchev–Trinajstić information content (AvgIpc) is 3.18. The minimum Gasteiger partial charge on any atom is -0.481 e. The smallest absolute Gasteiger partial charge is 0.305 e. The van der Waals surface area contributed by atoms with E-state index in [1.165, 1.54) is 12.1 Å². The maximum absolute atomic E-state index is 14.1. The van der Waals surface area contributed by atoms with Crippen LogP contribution in [0.2, 0.25) is 0 Å². The normalized spacial score (nSPS) is 21.8. The van der Waals surface area contributed by atoms with Crippen LogP contribution in [0.4, 0.5) is 4.39 Å². The first-order valence-electron chi connectivity index (χ1n) is 13.9. The topological polar surface area (TPSA) is 99.1 Å². The van der Waals surface area contributed by atoms with Crippen LogP contribution in [0.5, 0.6) is 0 Å². The molecule has 1 unspecified atom stereocenters. The van der Waals surface area contributed by atoms with Gasteiger partial charge in [0, 0.05) is 17.7 Å². The number of carboxylic acid groups (broad SMARTS) is 1. The van der Waals surface area contributed by atoms with Crippen LogP contribution in [-0.4, -0.2) is 45.7 Å². The highest BCUT2D eigenvalue weighted by molar-refractivity contribution is 6.46. The first-order chi connectivity index (χ1) is 18.6. The van der Waals surface area contributed by atoms with Crippen molar-refractivity contribution in [3.8, 4) is 0 Å². The molecular weight excluding hydrogens is 497 g/mol. The first-order valence-corrected chi connectivity index (χ1v) is 13.9. The highest BCUT2D eigenvalue weighted by Crippen LogP contribution is 2.48. The number of aliphatic imine (C=N–C) groups is 1. The Labute approximate surface area is 229 Å². The van der Waals surface area contributed by atoms with Crippen LogP contribution < -0.4 is 5.32 Å². The molecule has 2 aliphatic rings. The minimum absolute atomic E-state index is 0.0523. The lowest BCUT2D eigenvalue weighted by Crippen LogP contribution is -2.51. The van der Waals surface area contributed by atoms with Crippen LogP contribution in [0.1, 0.15) is 93.2 Å². The van der Waals surface area contributed by atoms with Gasteiger partial charge in [0.05, 0.1) is 12.5 Å². The molecule has 0 bridgehead atoms. The second kappa shape index (κ2) is 12.1. The highest BCUT2D eigenvalue weighted by Gasteiger charge is 2.51. The summed E-state index contributed by atoms with van der Waals surface area (Å²) in [5, 5.41) is 11.4. The predicted octanol–water partition coefficient (Wildman–Crippen LogP) is 5.75. The van der Waals surface area contributed by atoms with Gasteiger partial charge in [-0.15, -0.1) is 0 Å². The Kier molecular flexibility index (Phi) is 8.83. The van der Waals surface area contributed by atoms with E-state index in [-0.39, 0.29) is 30.8 Å². The minimum atomic E-state index is -0.973. The number of aliphatic carboxylic acids is 1. The van der Waals surface area contributed by atoms with E-state index in [0.717, 1.165) is 44.1 Å². The van der Waals surface area contributed by atoms with Crippen molar-refractivity contribution in [2.24, 2.45) is 16.8 Å². The number of carboxylic acids is 1. The van der Waals surface area contributed by atoms with Gasteiger partial charge in [-0.3, -0.25) is 19.4 Å². The Hall–Kier alpha value is -3.55. The Morgan fingerprint density at radius 2 is 1.85 bits per heavy atom. The lowest BCUT2D eigenvalue weighted by atomic mass is 9.76. The van der Waals surface area contributed by atoms with Crippen molar-refractivity contribution in [1.29, 1.82) is 0 Å². The van der Waals surface area contributed by atoms with Gasteiger partial charge in [0.15, 0.2) is 0 Å². The summed E-state index contributed by atoms with van der Waals surface area (Å²) in [6.45, 7) is 6.60. The van der Waals surface area contributed by atoms with Crippen LogP contribution in [0.15, 0.2) is 53.5 Å². The summed E-state index contributed by atoms with van der Waals surface area (Å²) in [6, 6.07) is 13.0. The average molecular weight is 536 g/mol. The van der Waals surface area contributed by atoms with Crippen molar-refractivity contribution >= 4 is 23.5 Å². The zero-order valence-electron chi connectivity index (χ0n) is 23.0. The fourth-order valence-corrected chi connectivity index (χ4v) is 5.95. The summed E-state index contributed by atoms with van der Waals surface area (Å²) in [5.41, 5.74) is 1.46. The SMILES string of the molecule is CCCC(c1ccc(C(=O)NCCC(=O)O)cc1)N1C(=O)C(c2cccc(F)c2)=NC12CCC(C(C)C)CC2. The van der Waals surface area contributed by atoms with Gasteiger partial charge in [0.1, 0.15) is 17.2 Å². The number of rotatable bonds is 10. The molecule has 1 saturated carbocycles. The number of nitrogens with one attached hydrogen (secondary N) is 1.